The van der Waals surface area contributed by atoms with Gasteiger partial charge in [-0.1, -0.05) is 11.6 Å². The van der Waals surface area contributed by atoms with Gasteiger partial charge in [0.05, 0.1) is 28.3 Å². The van der Waals surface area contributed by atoms with Crippen molar-refractivity contribution in [3.63, 3.8) is 0 Å². The molecule has 2 aromatic heterocycles. The van der Waals surface area contributed by atoms with Crippen molar-refractivity contribution in [2.24, 2.45) is 5.73 Å². The van der Waals surface area contributed by atoms with E-state index in [1.165, 1.54) is 17.1 Å². The molecule has 24 heavy (non-hydrogen) atoms. The van der Waals surface area contributed by atoms with Crippen LogP contribution >= 0.6 is 22.9 Å². The van der Waals surface area contributed by atoms with Crippen molar-refractivity contribution in [2.45, 2.75) is 20.4 Å². The van der Waals surface area contributed by atoms with Gasteiger partial charge in [0, 0.05) is 6.20 Å². The van der Waals surface area contributed by atoms with Crippen molar-refractivity contribution in [1.82, 2.24) is 9.78 Å². The Kier molecular flexibility index (Phi) is 5.58. The van der Waals surface area contributed by atoms with E-state index in [-0.39, 0.29) is 28.6 Å². The molecule has 0 saturated carbocycles. The number of nitrogens with one attached hydrogen (secondary N) is 1. The van der Waals surface area contributed by atoms with Gasteiger partial charge in [-0.3, -0.25) is 14.3 Å². The maximum atomic E-state index is 12.1. The Morgan fingerprint density at radius 3 is 2.71 bits per heavy atom. The number of aromatic nitrogens is 2. The lowest BCUT2D eigenvalue weighted by atomic mass is 10.1. The summed E-state index contributed by atoms with van der Waals surface area (Å²) in [6.45, 7) is 3.30. The third kappa shape index (κ3) is 3.92. The maximum Gasteiger partial charge on any atom is 0.341 e. The van der Waals surface area contributed by atoms with Gasteiger partial charge in [0.2, 0.25) is 5.91 Å². The molecule has 0 atom stereocenters. The largest absolute Gasteiger partial charge is 0.462 e. The van der Waals surface area contributed by atoms with E-state index >= 15 is 0 Å². The second-order valence-corrected chi connectivity index (χ2v) is 6.21. The molecule has 0 aromatic carbocycles. The Bertz CT molecular complexity index is 799. The minimum absolute atomic E-state index is 0.0994. The molecule has 128 valence electrons. The Morgan fingerprint density at radius 1 is 1.46 bits per heavy atom. The van der Waals surface area contributed by atoms with Crippen LogP contribution in [0.1, 0.15) is 32.5 Å². The Morgan fingerprint density at radius 2 is 2.17 bits per heavy atom. The number of amides is 2. The Labute approximate surface area is 146 Å². The number of nitrogens with zero attached hydrogens (tertiary/aromatic N) is 2. The summed E-state index contributed by atoms with van der Waals surface area (Å²) in [6.07, 6.45) is 2.89. The van der Waals surface area contributed by atoms with Crippen LogP contribution in [0.25, 0.3) is 0 Å². The third-order valence-electron chi connectivity index (χ3n) is 3.01. The highest BCUT2D eigenvalue weighted by atomic mass is 35.5. The van der Waals surface area contributed by atoms with E-state index in [2.05, 4.69) is 10.4 Å². The van der Waals surface area contributed by atoms with Crippen molar-refractivity contribution >= 4 is 45.7 Å². The first-order valence-electron chi connectivity index (χ1n) is 6.91. The van der Waals surface area contributed by atoms with Crippen LogP contribution in [-0.2, 0) is 16.1 Å². The number of carbonyl (C=O) groups is 3. The molecule has 0 fully saturated rings. The number of carbonyl (C=O) groups excluding carboxylic acids is 3. The summed E-state index contributed by atoms with van der Waals surface area (Å²) in [7, 11) is 0. The zero-order chi connectivity index (χ0) is 17.9. The number of rotatable bonds is 6. The van der Waals surface area contributed by atoms with Crippen LogP contribution in [0.4, 0.5) is 5.00 Å². The van der Waals surface area contributed by atoms with E-state index in [1.54, 1.807) is 13.8 Å². The van der Waals surface area contributed by atoms with Gasteiger partial charge in [-0.2, -0.15) is 5.10 Å². The van der Waals surface area contributed by atoms with Crippen molar-refractivity contribution in [3.05, 3.63) is 33.4 Å². The highest BCUT2D eigenvalue weighted by Gasteiger charge is 2.25. The Hall–Kier alpha value is -2.39. The first kappa shape index (κ1) is 18.0. The van der Waals surface area contributed by atoms with E-state index in [0.717, 1.165) is 11.3 Å². The molecule has 0 aliphatic rings. The normalized spacial score (nSPS) is 10.5. The first-order valence-corrected chi connectivity index (χ1v) is 8.11. The molecule has 2 amide bonds. The fourth-order valence-electron chi connectivity index (χ4n) is 2.02. The van der Waals surface area contributed by atoms with Gasteiger partial charge >= 0.3 is 5.97 Å². The van der Waals surface area contributed by atoms with E-state index in [0.29, 0.717) is 10.6 Å². The van der Waals surface area contributed by atoms with Gasteiger partial charge in [0.1, 0.15) is 11.5 Å². The first-order chi connectivity index (χ1) is 11.3. The van der Waals surface area contributed by atoms with Gasteiger partial charge in [0.25, 0.3) is 5.91 Å². The molecule has 0 unspecified atom stereocenters. The molecule has 2 heterocycles. The summed E-state index contributed by atoms with van der Waals surface area (Å²) in [5, 5.41) is 7.10. The summed E-state index contributed by atoms with van der Waals surface area (Å²) in [5.74, 6) is -1.74. The summed E-state index contributed by atoms with van der Waals surface area (Å²) in [4.78, 5) is 35.9. The summed E-state index contributed by atoms with van der Waals surface area (Å²) >= 11 is 6.67. The van der Waals surface area contributed by atoms with Crippen LogP contribution in [0.3, 0.4) is 0 Å². The standard InChI is InChI=1S/C14H15ClN4O4S/c1-3-23-14(22)10-7(2)11(12(16)21)24-13(10)18-9(20)6-19-5-8(15)4-17-19/h4-5H,3,6H2,1-2H3,(H2,16,21)(H,18,20). The van der Waals surface area contributed by atoms with Crippen LogP contribution in [-0.4, -0.2) is 34.2 Å². The predicted octanol–water partition coefficient (Wildman–Crippen LogP) is 1.82. The second kappa shape index (κ2) is 7.45. The molecule has 3 N–H and O–H groups in total. The van der Waals surface area contributed by atoms with Gasteiger partial charge in [0.15, 0.2) is 0 Å². The molecule has 0 aliphatic carbocycles. The molecule has 0 aliphatic heterocycles. The highest BCUT2D eigenvalue weighted by Crippen LogP contribution is 2.33. The quantitative estimate of drug-likeness (QED) is 0.752. The number of primary amides is 1. The number of anilines is 1. The second-order valence-electron chi connectivity index (χ2n) is 4.75. The lowest BCUT2D eigenvalue weighted by Crippen LogP contribution is -2.20. The molecule has 0 saturated heterocycles. The topological polar surface area (TPSA) is 116 Å². The molecule has 0 radical (unpaired) electrons. The predicted molar refractivity (Wildman–Crippen MR) is 89.4 cm³/mol. The fraction of sp³-hybridized carbons (Fsp3) is 0.286. The zero-order valence-corrected chi connectivity index (χ0v) is 14.5. The third-order valence-corrected chi connectivity index (χ3v) is 4.43. The zero-order valence-electron chi connectivity index (χ0n) is 13.0. The lowest BCUT2D eigenvalue weighted by molar-refractivity contribution is -0.116. The van der Waals surface area contributed by atoms with Crippen LogP contribution < -0.4 is 11.1 Å². The van der Waals surface area contributed by atoms with Crippen LogP contribution in [0.15, 0.2) is 12.4 Å². The van der Waals surface area contributed by atoms with Gasteiger partial charge in [-0.15, -0.1) is 11.3 Å². The molecule has 8 nitrogen and oxygen atoms in total. The number of ether oxygens (including phenoxy) is 1. The summed E-state index contributed by atoms with van der Waals surface area (Å²) < 4.78 is 6.32. The van der Waals surface area contributed by atoms with Crippen molar-refractivity contribution in [2.75, 3.05) is 11.9 Å². The minimum atomic E-state index is -0.678. The fourth-order valence-corrected chi connectivity index (χ4v) is 3.24. The van der Waals surface area contributed by atoms with Gasteiger partial charge < -0.3 is 15.8 Å². The average Bonchev–Trinajstić information content (AvgIpc) is 3.02. The SMILES string of the molecule is CCOC(=O)c1c(NC(=O)Cn2cc(Cl)cn2)sc(C(N)=O)c1C. The number of halogens is 1. The smallest absolute Gasteiger partial charge is 0.341 e. The van der Waals surface area contributed by atoms with Crippen LogP contribution in [0.2, 0.25) is 5.02 Å². The number of hydrogen-bond acceptors (Lipinski definition) is 6. The summed E-state index contributed by atoms with van der Waals surface area (Å²) in [5.41, 5.74) is 5.81. The van der Waals surface area contributed by atoms with E-state index < -0.39 is 17.8 Å². The Balaban J connectivity index is 2.27. The molecule has 10 heteroatoms. The molecular weight excluding hydrogens is 356 g/mol. The number of nitrogens with two attached hydrogens (primary N) is 1. The number of hydrogen-bond donors (Lipinski definition) is 2. The monoisotopic (exact) mass is 370 g/mol. The van der Waals surface area contributed by atoms with Crippen LogP contribution in [0.5, 0.6) is 0 Å². The van der Waals surface area contributed by atoms with Gasteiger partial charge in [-0.25, -0.2) is 4.79 Å². The van der Waals surface area contributed by atoms with Crippen molar-refractivity contribution in [1.29, 1.82) is 0 Å². The van der Waals surface area contributed by atoms with Crippen molar-refractivity contribution < 1.29 is 19.1 Å². The van der Waals surface area contributed by atoms with E-state index in [4.69, 9.17) is 22.1 Å². The van der Waals surface area contributed by atoms with Gasteiger partial charge in [-0.05, 0) is 19.4 Å². The molecule has 0 bridgehead atoms. The molecular formula is C14H15ClN4O4S. The molecule has 0 spiro atoms. The molecule has 2 aromatic rings. The number of thiophene rings is 1. The van der Waals surface area contributed by atoms with Crippen LogP contribution in [0, 0.1) is 6.92 Å². The summed E-state index contributed by atoms with van der Waals surface area (Å²) in [6, 6.07) is 0. The lowest BCUT2D eigenvalue weighted by Gasteiger charge is -2.07. The minimum Gasteiger partial charge on any atom is -0.462 e. The number of esters is 1. The van der Waals surface area contributed by atoms with E-state index in [1.807, 2.05) is 0 Å². The average molecular weight is 371 g/mol. The maximum absolute atomic E-state index is 12.1. The van der Waals surface area contributed by atoms with E-state index in [9.17, 15) is 14.4 Å². The highest BCUT2D eigenvalue weighted by molar-refractivity contribution is 7.18. The van der Waals surface area contributed by atoms with Crippen molar-refractivity contribution in [3.8, 4) is 0 Å². The molecule has 2 rings (SSSR count).